The largest absolute Gasteiger partial charge is 0.480 e. The molecule has 1 fully saturated rings. The van der Waals surface area contributed by atoms with Crippen molar-refractivity contribution in [3.05, 3.63) is 51.7 Å². The van der Waals surface area contributed by atoms with Gasteiger partial charge in [0.25, 0.3) is 15.9 Å². The van der Waals surface area contributed by atoms with E-state index in [9.17, 15) is 23.1 Å². The number of aliphatic carboxylic acids is 1. The zero-order chi connectivity index (χ0) is 30.1. The number of aliphatic imine (C=N–C) groups is 1. The number of amides is 1. The number of carbonyl (C=O) groups is 2. The molecule has 1 aliphatic heterocycles. The van der Waals surface area contributed by atoms with Crippen LogP contribution >= 0.6 is 22.7 Å². The second kappa shape index (κ2) is 14.3. The number of thiophene rings is 1. The number of thiazole rings is 1. The number of hydrogen-bond donors (Lipinski definition) is 6. The molecule has 1 unspecified atom stereocenters. The maximum absolute atomic E-state index is 13.2. The highest BCUT2D eigenvalue weighted by atomic mass is 32.2. The number of anilines is 3. The first kappa shape index (κ1) is 31.0. The molecule has 17 heteroatoms. The highest BCUT2D eigenvalue weighted by molar-refractivity contribution is 7.92. The fourth-order valence-electron chi connectivity index (χ4n) is 4.00. The normalized spacial score (nSPS) is 14.1. The van der Waals surface area contributed by atoms with E-state index < -0.39 is 27.9 Å². The predicted octanol–water partition coefficient (Wildman–Crippen LogP) is 1.69. The number of carbonyl (C=O) groups excluding carboxylic acids is 1. The second-order valence-electron chi connectivity index (χ2n) is 9.18. The van der Waals surface area contributed by atoms with E-state index in [1.54, 1.807) is 23.5 Å². The molecule has 0 bridgehead atoms. The van der Waals surface area contributed by atoms with E-state index in [4.69, 9.17) is 16.2 Å². The van der Waals surface area contributed by atoms with Crippen molar-refractivity contribution in [1.82, 2.24) is 10.3 Å². The molecule has 42 heavy (non-hydrogen) atoms. The van der Waals surface area contributed by atoms with Crippen LogP contribution in [0, 0.1) is 0 Å². The van der Waals surface area contributed by atoms with E-state index in [1.165, 1.54) is 23.6 Å². The van der Waals surface area contributed by atoms with Crippen LogP contribution in [0.1, 0.15) is 28.2 Å². The summed E-state index contributed by atoms with van der Waals surface area (Å²) in [5.74, 6) is -2.06. The molecule has 0 aliphatic carbocycles. The van der Waals surface area contributed by atoms with Crippen molar-refractivity contribution in [3.8, 4) is 0 Å². The Kier molecular flexibility index (Phi) is 10.6. The summed E-state index contributed by atoms with van der Waals surface area (Å²) in [7, 11) is -4.08. The van der Waals surface area contributed by atoms with Crippen LogP contribution < -0.4 is 31.7 Å². The van der Waals surface area contributed by atoms with Crippen LogP contribution in [-0.4, -0.2) is 75.2 Å². The Bertz CT molecular complexity index is 1510. The van der Waals surface area contributed by atoms with Crippen molar-refractivity contribution in [2.75, 3.05) is 47.8 Å². The average molecular weight is 637 g/mol. The zero-order valence-corrected chi connectivity index (χ0v) is 24.9. The molecule has 8 N–H and O–H groups in total. The van der Waals surface area contributed by atoms with Gasteiger partial charge in [0.05, 0.1) is 36.0 Å². The van der Waals surface area contributed by atoms with Crippen molar-refractivity contribution in [1.29, 1.82) is 0 Å². The van der Waals surface area contributed by atoms with Crippen LogP contribution in [0.15, 0.2) is 51.0 Å². The lowest BCUT2D eigenvalue weighted by Gasteiger charge is -2.26. The second-order valence-corrected chi connectivity index (χ2v) is 12.6. The van der Waals surface area contributed by atoms with Crippen LogP contribution in [-0.2, 0) is 26.1 Å². The van der Waals surface area contributed by atoms with Crippen molar-refractivity contribution in [2.24, 2.45) is 16.5 Å². The summed E-state index contributed by atoms with van der Waals surface area (Å²) in [5.41, 5.74) is 12.0. The standard InChI is InChI=1S/C25H32N8O6S3/c26-24(27)28-7-2-5-20(23(35)36)31-22(34)21-19(6-12-40-21)32-42(37,38)18-4-1-3-16(13-18)29-14-17-15-41-25(30-17)33-8-10-39-11-9-33/h1,3-4,6,12-13,15,20,29,32H,2,5,7-11,14H2,(H,31,34)(H,35,36)(H4,26,27,28). The molecule has 1 aliphatic rings. The van der Waals surface area contributed by atoms with Crippen molar-refractivity contribution >= 4 is 67.0 Å². The number of nitrogens with two attached hydrogens (primary N) is 2. The van der Waals surface area contributed by atoms with Gasteiger partial charge < -0.3 is 36.8 Å². The summed E-state index contributed by atoms with van der Waals surface area (Å²) in [6.07, 6.45) is 0.403. The van der Waals surface area contributed by atoms with Gasteiger partial charge in [-0.3, -0.25) is 14.5 Å². The molecular formula is C25H32N8O6S3. The van der Waals surface area contributed by atoms with Crippen molar-refractivity contribution < 1.29 is 27.9 Å². The number of sulfonamides is 1. The van der Waals surface area contributed by atoms with E-state index in [0.29, 0.717) is 31.9 Å². The van der Waals surface area contributed by atoms with Gasteiger partial charge in [0.2, 0.25) is 0 Å². The van der Waals surface area contributed by atoms with E-state index in [-0.39, 0.29) is 34.4 Å². The highest BCUT2D eigenvalue weighted by Gasteiger charge is 2.25. The van der Waals surface area contributed by atoms with Gasteiger partial charge in [-0.05, 0) is 42.5 Å². The minimum atomic E-state index is -4.08. The molecule has 2 aromatic heterocycles. The fraction of sp³-hybridized carbons (Fsp3) is 0.360. The first-order chi connectivity index (χ1) is 20.1. The number of carboxylic acid groups (broad SMARTS) is 1. The van der Waals surface area contributed by atoms with Gasteiger partial charge in [0.1, 0.15) is 10.9 Å². The number of benzene rings is 1. The third kappa shape index (κ3) is 8.54. The van der Waals surface area contributed by atoms with Gasteiger partial charge in [-0.1, -0.05) is 6.07 Å². The minimum Gasteiger partial charge on any atom is -0.480 e. The van der Waals surface area contributed by atoms with Crippen LogP contribution in [0.3, 0.4) is 0 Å². The maximum atomic E-state index is 13.2. The van der Waals surface area contributed by atoms with Crippen molar-refractivity contribution in [3.63, 3.8) is 0 Å². The number of hydrogen-bond acceptors (Lipinski definition) is 11. The molecule has 0 radical (unpaired) electrons. The molecule has 0 spiro atoms. The summed E-state index contributed by atoms with van der Waals surface area (Å²) >= 11 is 2.54. The lowest BCUT2D eigenvalue weighted by atomic mass is 10.1. The molecular weight excluding hydrogens is 605 g/mol. The van der Waals surface area contributed by atoms with Crippen LogP contribution in [0.25, 0.3) is 0 Å². The summed E-state index contributed by atoms with van der Waals surface area (Å²) in [6, 6.07) is 6.53. The third-order valence-electron chi connectivity index (χ3n) is 6.10. The average Bonchev–Trinajstić information content (AvgIpc) is 3.63. The first-order valence-corrected chi connectivity index (χ1v) is 16.2. The number of rotatable bonds is 14. The molecule has 3 aromatic rings. The SMILES string of the molecule is NC(N)=NCCCC(NC(=O)c1sccc1NS(=O)(=O)c1cccc(NCc2csc(N3CCOCC3)n2)c1)C(=O)O. The van der Waals surface area contributed by atoms with Gasteiger partial charge in [-0.25, -0.2) is 18.2 Å². The summed E-state index contributed by atoms with van der Waals surface area (Å²) < 4.78 is 34.3. The van der Waals surface area contributed by atoms with E-state index in [1.807, 2.05) is 5.38 Å². The Morgan fingerprint density at radius 2 is 1.98 bits per heavy atom. The fourth-order valence-corrected chi connectivity index (χ4v) is 6.81. The van der Waals surface area contributed by atoms with E-state index in [2.05, 4.69) is 30.2 Å². The number of morpholine rings is 1. The summed E-state index contributed by atoms with van der Waals surface area (Å²) in [5, 5.41) is 19.6. The summed E-state index contributed by atoms with van der Waals surface area (Å²) in [4.78, 5) is 35.2. The number of guanidine groups is 1. The topological polar surface area (TPSA) is 214 Å². The molecule has 0 saturated carbocycles. The van der Waals surface area contributed by atoms with Gasteiger partial charge in [0, 0.05) is 30.7 Å². The van der Waals surface area contributed by atoms with Crippen LogP contribution in [0.5, 0.6) is 0 Å². The Morgan fingerprint density at radius 3 is 2.71 bits per heavy atom. The smallest absolute Gasteiger partial charge is 0.326 e. The molecule has 14 nitrogen and oxygen atoms in total. The molecule has 1 aromatic carbocycles. The number of nitrogens with zero attached hydrogens (tertiary/aromatic N) is 3. The van der Waals surface area contributed by atoms with Gasteiger partial charge in [-0.15, -0.1) is 22.7 Å². The highest BCUT2D eigenvalue weighted by Crippen LogP contribution is 2.27. The maximum Gasteiger partial charge on any atom is 0.326 e. The molecule has 1 saturated heterocycles. The zero-order valence-electron chi connectivity index (χ0n) is 22.5. The number of carboxylic acids is 1. The number of aromatic nitrogens is 1. The lowest BCUT2D eigenvalue weighted by Crippen LogP contribution is -2.40. The monoisotopic (exact) mass is 636 g/mol. The first-order valence-electron chi connectivity index (χ1n) is 12.9. The van der Waals surface area contributed by atoms with Gasteiger partial charge in [0.15, 0.2) is 11.1 Å². The molecule has 226 valence electrons. The van der Waals surface area contributed by atoms with E-state index >= 15 is 0 Å². The Morgan fingerprint density at radius 1 is 1.19 bits per heavy atom. The summed E-state index contributed by atoms with van der Waals surface area (Å²) in [6.45, 7) is 3.54. The van der Waals surface area contributed by atoms with Crippen LogP contribution in [0.2, 0.25) is 0 Å². The molecule has 1 atom stereocenters. The number of ether oxygens (including phenoxy) is 1. The van der Waals surface area contributed by atoms with Gasteiger partial charge >= 0.3 is 5.97 Å². The molecule has 4 rings (SSSR count). The van der Waals surface area contributed by atoms with Gasteiger partial charge in [-0.2, -0.15) is 0 Å². The van der Waals surface area contributed by atoms with E-state index in [0.717, 1.165) is 35.3 Å². The lowest BCUT2D eigenvalue weighted by molar-refractivity contribution is -0.139. The Hall–Kier alpha value is -3.93. The van der Waals surface area contributed by atoms with Crippen molar-refractivity contribution in [2.45, 2.75) is 30.3 Å². The Balaban J connectivity index is 1.37. The molecule has 1 amide bonds. The molecule has 3 heterocycles. The quantitative estimate of drug-likeness (QED) is 0.0850. The minimum absolute atomic E-state index is 0.0134. The number of nitrogens with one attached hydrogen (secondary N) is 3. The van der Waals surface area contributed by atoms with Crippen LogP contribution in [0.4, 0.5) is 16.5 Å². The predicted molar refractivity (Wildman–Crippen MR) is 163 cm³/mol. The third-order valence-corrected chi connectivity index (χ3v) is 9.33. The Labute approximate surface area is 250 Å².